The molecule has 2 nitrogen and oxygen atoms in total. The molecule has 1 atom stereocenters. The van der Waals surface area contributed by atoms with Crippen LogP contribution in [0, 0.1) is 5.41 Å². The molecule has 0 aromatic heterocycles. The van der Waals surface area contributed by atoms with Crippen LogP contribution in [0.3, 0.4) is 0 Å². The molecule has 0 aliphatic carbocycles. The number of benzene rings is 1. The third-order valence-electron chi connectivity index (χ3n) is 2.58. The van der Waals surface area contributed by atoms with Crippen molar-refractivity contribution in [2.24, 2.45) is 11.1 Å². The summed E-state index contributed by atoms with van der Waals surface area (Å²) in [6, 6.07) is 10.2. The second kappa shape index (κ2) is 4.98. The van der Waals surface area contributed by atoms with Crippen LogP contribution in [-0.2, 0) is 5.54 Å². The average Bonchev–Trinajstić information content (AvgIpc) is 2.17. The molecule has 0 fully saturated rings. The molecule has 1 unspecified atom stereocenters. The molecule has 90 valence electrons. The maximum atomic E-state index is 6.30. The molecule has 0 spiro atoms. The lowest BCUT2D eigenvalue weighted by Gasteiger charge is -2.28. The van der Waals surface area contributed by atoms with E-state index in [4.69, 9.17) is 5.73 Å². The highest BCUT2D eigenvalue weighted by atomic mass is 14.9. The molecule has 0 amide bonds. The van der Waals surface area contributed by atoms with Crippen molar-refractivity contribution in [2.75, 3.05) is 13.1 Å². The van der Waals surface area contributed by atoms with E-state index in [9.17, 15) is 0 Å². The van der Waals surface area contributed by atoms with Crippen LogP contribution in [0.5, 0.6) is 0 Å². The van der Waals surface area contributed by atoms with Crippen LogP contribution in [0.4, 0.5) is 0 Å². The molecule has 0 bridgehead atoms. The summed E-state index contributed by atoms with van der Waals surface area (Å²) in [6.45, 7) is 10.5. The number of hydrogen-bond donors (Lipinski definition) is 2. The third-order valence-corrected chi connectivity index (χ3v) is 2.58. The van der Waals surface area contributed by atoms with E-state index >= 15 is 0 Å². The van der Waals surface area contributed by atoms with Gasteiger partial charge in [-0.15, -0.1) is 0 Å². The van der Waals surface area contributed by atoms with Gasteiger partial charge in [0, 0.05) is 13.1 Å². The lowest BCUT2D eigenvalue weighted by atomic mass is 9.92. The van der Waals surface area contributed by atoms with Crippen molar-refractivity contribution >= 4 is 0 Å². The first-order chi connectivity index (χ1) is 7.31. The van der Waals surface area contributed by atoms with Crippen molar-refractivity contribution in [2.45, 2.75) is 33.2 Å². The van der Waals surface area contributed by atoms with E-state index in [-0.39, 0.29) is 5.54 Å². The Labute approximate surface area is 99.2 Å². The lowest BCUT2D eigenvalue weighted by Crippen LogP contribution is -2.45. The van der Waals surface area contributed by atoms with Crippen LogP contribution < -0.4 is 11.1 Å². The summed E-state index contributed by atoms with van der Waals surface area (Å²) in [4.78, 5) is 0. The molecule has 1 aromatic rings. The second-order valence-electron chi connectivity index (χ2n) is 5.95. The predicted molar refractivity (Wildman–Crippen MR) is 70.3 cm³/mol. The molecule has 1 rings (SSSR count). The SMILES string of the molecule is CC(C)(C)CNCC(C)(N)c1ccccc1. The standard InChI is InChI=1S/C14H24N2/c1-13(2,3)10-16-11-14(4,15)12-8-6-5-7-9-12/h5-9,16H,10-11,15H2,1-4H3. The van der Waals surface area contributed by atoms with Crippen LogP contribution in [-0.4, -0.2) is 13.1 Å². The van der Waals surface area contributed by atoms with Crippen molar-refractivity contribution in [1.82, 2.24) is 5.32 Å². The van der Waals surface area contributed by atoms with Gasteiger partial charge < -0.3 is 11.1 Å². The Morgan fingerprint density at radius 3 is 2.06 bits per heavy atom. The third kappa shape index (κ3) is 4.33. The summed E-state index contributed by atoms with van der Waals surface area (Å²) in [7, 11) is 0. The molecule has 2 heteroatoms. The highest BCUT2D eigenvalue weighted by molar-refractivity contribution is 5.23. The number of nitrogens with two attached hydrogens (primary N) is 1. The summed E-state index contributed by atoms with van der Waals surface area (Å²) in [6.07, 6.45) is 0. The molecule has 0 aliphatic rings. The Hall–Kier alpha value is -0.860. The second-order valence-corrected chi connectivity index (χ2v) is 5.95. The fourth-order valence-electron chi connectivity index (χ4n) is 1.62. The van der Waals surface area contributed by atoms with Gasteiger partial charge in [0.1, 0.15) is 0 Å². The first kappa shape index (κ1) is 13.2. The molecule has 3 N–H and O–H groups in total. The zero-order valence-corrected chi connectivity index (χ0v) is 10.9. The van der Waals surface area contributed by atoms with E-state index in [0.29, 0.717) is 5.41 Å². The summed E-state index contributed by atoms with van der Waals surface area (Å²) >= 11 is 0. The van der Waals surface area contributed by atoms with Gasteiger partial charge >= 0.3 is 0 Å². The normalized spacial score (nSPS) is 15.8. The van der Waals surface area contributed by atoms with Gasteiger partial charge in [-0.3, -0.25) is 0 Å². The minimum absolute atomic E-state index is 0.298. The number of rotatable bonds is 4. The van der Waals surface area contributed by atoms with Gasteiger partial charge in [0.2, 0.25) is 0 Å². The monoisotopic (exact) mass is 220 g/mol. The minimum atomic E-state index is -0.299. The van der Waals surface area contributed by atoms with Crippen LogP contribution >= 0.6 is 0 Å². The number of nitrogens with one attached hydrogen (secondary N) is 1. The Bertz CT molecular complexity index is 309. The molecule has 0 saturated heterocycles. The fraction of sp³-hybridized carbons (Fsp3) is 0.571. The lowest BCUT2D eigenvalue weighted by molar-refractivity contribution is 0.348. The van der Waals surface area contributed by atoms with E-state index in [1.54, 1.807) is 0 Å². The molecule has 16 heavy (non-hydrogen) atoms. The fourth-order valence-corrected chi connectivity index (χ4v) is 1.62. The molecule has 0 heterocycles. The number of hydrogen-bond acceptors (Lipinski definition) is 2. The van der Waals surface area contributed by atoms with E-state index in [2.05, 4.69) is 45.1 Å². The largest absolute Gasteiger partial charge is 0.321 e. The van der Waals surface area contributed by atoms with E-state index in [1.807, 2.05) is 18.2 Å². The summed E-state index contributed by atoms with van der Waals surface area (Å²) in [5, 5.41) is 3.44. The zero-order chi connectivity index (χ0) is 12.2. The summed E-state index contributed by atoms with van der Waals surface area (Å²) in [5.74, 6) is 0. The smallest absolute Gasteiger partial charge is 0.0507 e. The molecule has 1 aromatic carbocycles. The topological polar surface area (TPSA) is 38.0 Å². The van der Waals surface area contributed by atoms with Crippen molar-refractivity contribution < 1.29 is 0 Å². The summed E-state index contributed by atoms with van der Waals surface area (Å²) in [5.41, 5.74) is 7.48. The van der Waals surface area contributed by atoms with Gasteiger partial charge in [-0.1, -0.05) is 51.1 Å². The maximum Gasteiger partial charge on any atom is 0.0507 e. The van der Waals surface area contributed by atoms with Gasteiger partial charge in [0.05, 0.1) is 5.54 Å². The Morgan fingerprint density at radius 2 is 1.56 bits per heavy atom. The Kier molecular flexibility index (Phi) is 4.11. The van der Waals surface area contributed by atoms with Gasteiger partial charge in [-0.05, 0) is 17.9 Å². The first-order valence-corrected chi connectivity index (χ1v) is 5.86. The molecular formula is C14H24N2. The molecular weight excluding hydrogens is 196 g/mol. The predicted octanol–water partition coefficient (Wildman–Crippen LogP) is 2.50. The summed E-state index contributed by atoms with van der Waals surface area (Å²) < 4.78 is 0. The quantitative estimate of drug-likeness (QED) is 0.818. The Balaban J connectivity index is 2.53. The molecule has 0 radical (unpaired) electrons. The van der Waals surface area contributed by atoms with Crippen LogP contribution in [0.15, 0.2) is 30.3 Å². The van der Waals surface area contributed by atoms with Crippen LogP contribution in [0.2, 0.25) is 0 Å². The minimum Gasteiger partial charge on any atom is -0.321 e. The van der Waals surface area contributed by atoms with E-state index < -0.39 is 0 Å². The van der Waals surface area contributed by atoms with Crippen molar-refractivity contribution in [1.29, 1.82) is 0 Å². The average molecular weight is 220 g/mol. The van der Waals surface area contributed by atoms with Gasteiger partial charge in [0.25, 0.3) is 0 Å². The van der Waals surface area contributed by atoms with Gasteiger partial charge in [0.15, 0.2) is 0 Å². The van der Waals surface area contributed by atoms with Crippen molar-refractivity contribution in [3.63, 3.8) is 0 Å². The van der Waals surface area contributed by atoms with Crippen molar-refractivity contribution in [3.05, 3.63) is 35.9 Å². The zero-order valence-electron chi connectivity index (χ0n) is 10.9. The van der Waals surface area contributed by atoms with Crippen LogP contribution in [0.25, 0.3) is 0 Å². The molecule has 0 saturated carbocycles. The van der Waals surface area contributed by atoms with Gasteiger partial charge in [-0.2, -0.15) is 0 Å². The molecule has 0 aliphatic heterocycles. The highest BCUT2D eigenvalue weighted by Gasteiger charge is 2.21. The van der Waals surface area contributed by atoms with Crippen LogP contribution in [0.1, 0.15) is 33.3 Å². The van der Waals surface area contributed by atoms with E-state index in [0.717, 1.165) is 13.1 Å². The van der Waals surface area contributed by atoms with Crippen molar-refractivity contribution in [3.8, 4) is 0 Å². The van der Waals surface area contributed by atoms with Gasteiger partial charge in [-0.25, -0.2) is 0 Å². The first-order valence-electron chi connectivity index (χ1n) is 5.86. The highest BCUT2D eigenvalue weighted by Crippen LogP contribution is 2.17. The van der Waals surface area contributed by atoms with E-state index in [1.165, 1.54) is 5.56 Å². The Morgan fingerprint density at radius 1 is 1.00 bits per heavy atom. The maximum absolute atomic E-state index is 6.30.